The molecule has 0 aromatic carbocycles. The second-order valence-corrected chi connectivity index (χ2v) is 4.57. The molecule has 5 N–H and O–H groups in total. The Morgan fingerprint density at radius 2 is 1.73 bits per heavy atom. The van der Waals surface area contributed by atoms with Gasteiger partial charge in [0.25, 0.3) is 5.91 Å². The monoisotopic (exact) mass is 218 g/mol. The largest absolute Gasteiger partial charge is 0.380 e. The minimum Gasteiger partial charge on any atom is -0.380 e. The average Bonchev–Trinajstić information content (AvgIpc) is 2.10. The molecule has 0 aliphatic rings. The zero-order valence-corrected chi connectivity index (χ0v) is 9.15. The van der Waals surface area contributed by atoms with Gasteiger partial charge in [-0.3, -0.25) is 9.59 Å². The molecule has 0 radical (unpaired) electrons. The van der Waals surface area contributed by atoms with E-state index in [2.05, 4.69) is 5.32 Å². The molecule has 2 unspecified atom stereocenters. The van der Waals surface area contributed by atoms with Crippen LogP contribution in [-0.2, 0) is 9.59 Å². The molecule has 0 saturated heterocycles. The van der Waals surface area contributed by atoms with Crippen LogP contribution in [0, 0.1) is 5.41 Å². The second-order valence-electron chi connectivity index (χ2n) is 4.57. The van der Waals surface area contributed by atoms with Gasteiger partial charge in [-0.1, -0.05) is 20.8 Å². The van der Waals surface area contributed by atoms with Crippen molar-refractivity contribution >= 4 is 11.8 Å². The van der Waals surface area contributed by atoms with Gasteiger partial charge in [-0.15, -0.1) is 0 Å². The predicted octanol–water partition coefficient (Wildman–Crippen LogP) is -1.64. The van der Waals surface area contributed by atoms with Crippen LogP contribution >= 0.6 is 0 Å². The third-order valence-electron chi connectivity index (χ3n) is 1.65. The predicted molar refractivity (Wildman–Crippen MR) is 53.7 cm³/mol. The molecule has 0 fully saturated rings. The quantitative estimate of drug-likeness (QED) is 0.453. The number of nitrogens with one attached hydrogen (secondary N) is 1. The maximum Gasteiger partial charge on any atom is 0.252 e. The maximum atomic E-state index is 11.2. The summed E-state index contributed by atoms with van der Waals surface area (Å²) in [7, 11) is 0. The first-order valence-electron chi connectivity index (χ1n) is 4.58. The molecule has 88 valence electrons. The van der Waals surface area contributed by atoms with Crippen LogP contribution in [0.2, 0.25) is 0 Å². The molecule has 0 spiro atoms. The lowest BCUT2D eigenvalue weighted by atomic mass is 9.97. The van der Waals surface area contributed by atoms with E-state index in [-0.39, 0.29) is 5.41 Å². The van der Waals surface area contributed by atoms with Gasteiger partial charge in [0.05, 0.1) is 0 Å². The van der Waals surface area contributed by atoms with Crippen molar-refractivity contribution in [2.24, 2.45) is 11.1 Å². The summed E-state index contributed by atoms with van der Waals surface area (Å²) in [5.41, 5.74) is 4.58. The Bertz CT molecular complexity index is 247. The van der Waals surface area contributed by atoms with Crippen LogP contribution in [0.25, 0.3) is 0 Å². The fraction of sp³-hybridized carbons (Fsp3) is 0.778. The van der Waals surface area contributed by atoms with E-state index in [9.17, 15) is 14.7 Å². The van der Waals surface area contributed by atoms with Crippen LogP contribution < -0.4 is 11.1 Å². The van der Waals surface area contributed by atoms with Gasteiger partial charge in [0.1, 0.15) is 0 Å². The van der Waals surface area contributed by atoms with E-state index in [1.165, 1.54) is 0 Å². The van der Waals surface area contributed by atoms with Crippen LogP contribution in [0.5, 0.6) is 0 Å². The summed E-state index contributed by atoms with van der Waals surface area (Å²) in [6.07, 6.45) is -3.69. The highest BCUT2D eigenvalue weighted by Gasteiger charge is 2.28. The topological polar surface area (TPSA) is 113 Å². The van der Waals surface area contributed by atoms with Gasteiger partial charge in [-0.25, -0.2) is 0 Å². The molecule has 0 aromatic rings. The maximum absolute atomic E-state index is 11.2. The summed E-state index contributed by atoms with van der Waals surface area (Å²) in [6.45, 7) is 6.01. The highest BCUT2D eigenvalue weighted by atomic mass is 16.3. The van der Waals surface area contributed by atoms with Gasteiger partial charge in [0.2, 0.25) is 5.91 Å². The summed E-state index contributed by atoms with van der Waals surface area (Å²) in [6, 6.07) is 0. The number of rotatable bonds is 4. The molecule has 0 aromatic heterocycles. The first kappa shape index (κ1) is 13.9. The summed E-state index contributed by atoms with van der Waals surface area (Å²) in [4.78, 5) is 21.7. The van der Waals surface area contributed by atoms with Gasteiger partial charge in [0.15, 0.2) is 12.2 Å². The van der Waals surface area contributed by atoms with Crippen molar-refractivity contribution in [1.29, 1.82) is 0 Å². The second kappa shape index (κ2) is 5.09. The number of hydrogen-bond donors (Lipinski definition) is 4. The normalized spacial score (nSPS) is 15.5. The average molecular weight is 218 g/mol. The lowest BCUT2D eigenvalue weighted by Crippen LogP contribution is -2.49. The Balaban J connectivity index is 4.17. The van der Waals surface area contributed by atoms with Crippen molar-refractivity contribution in [1.82, 2.24) is 5.32 Å². The smallest absolute Gasteiger partial charge is 0.252 e. The Labute approximate surface area is 88.5 Å². The zero-order valence-electron chi connectivity index (χ0n) is 9.15. The molecule has 2 amide bonds. The number of carbonyl (C=O) groups is 2. The van der Waals surface area contributed by atoms with Crippen LogP contribution in [0.1, 0.15) is 20.8 Å². The van der Waals surface area contributed by atoms with Gasteiger partial charge >= 0.3 is 0 Å². The van der Waals surface area contributed by atoms with E-state index in [0.29, 0.717) is 6.54 Å². The SMILES string of the molecule is CC(C)(C)CNC(=O)C(O)C(O)C(N)=O. The fourth-order valence-electron chi connectivity index (χ4n) is 0.756. The van der Waals surface area contributed by atoms with Crippen LogP contribution in [-0.4, -0.2) is 40.8 Å². The van der Waals surface area contributed by atoms with Crippen molar-refractivity contribution in [3.63, 3.8) is 0 Å². The van der Waals surface area contributed by atoms with E-state index in [1.54, 1.807) is 0 Å². The van der Waals surface area contributed by atoms with E-state index in [1.807, 2.05) is 20.8 Å². The Kier molecular flexibility index (Phi) is 4.70. The summed E-state index contributed by atoms with van der Waals surface area (Å²) >= 11 is 0. The number of carbonyl (C=O) groups excluding carboxylic acids is 2. The van der Waals surface area contributed by atoms with Gasteiger partial charge in [-0.2, -0.15) is 0 Å². The van der Waals surface area contributed by atoms with Gasteiger partial charge in [-0.05, 0) is 5.41 Å². The zero-order chi connectivity index (χ0) is 12.2. The summed E-state index contributed by atoms with van der Waals surface area (Å²) in [5.74, 6) is -1.94. The van der Waals surface area contributed by atoms with Crippen molar-refractivity contribution < 1.29 is 19.8 Å². The van der Waals surface area contributed by atoms with Crippen LogP contribution in [0.4, 0.5) is 0 Å². The van der Waals surface area contributed by atoms with Gasteiger partial charge in [0, 0.05) is 6.54 Å². The number of aliphatic hydroxyl groups is 2. The molecule has 0 aliphatic carbocycles. The number of hydrogen-bond acceptors (Lipinski definition) is 4. The van der Waals surface area contributed by atoms with Crippen molar-refractivity contribution in [3.05, 3.63) is 0 Å². The molecular weight excluding hydrogens is 200 g/mol. The highest BCUT2D eigenvalue weighted by molar-refractivity contribution is 5.89. The molecular formula is C9H18N2O4. The minimum atomic E-state index is -1.87. The van der Waals surface area contributed by atoms with Crippen molar-refractivity contribution in [2.45, 2.75) is 33.0 Å². The molecule has 0 aliphatic heterocycles. The Morgan fingerprint density at radius 1 is 1.27 bits per heavy atom. The molecule has 2 atom stereocenters. The Hall–Kier alpha value is -1.14. The molecule has 6 heteroatoms. The van der Waals surface area contributed by atoms with E-state index in [4.69, 9.17) is 10.8 Å². The molecule has 0 bridgehead atoms. The molecule has 0 heterocycles. The molecule has 0 rings (SSSR count). The number of amides is 2. The first-order valence-corrected chi connectivity index (χ1v) is 4.58. The van der Waals surface area contributed by atoms with E-state index in [0.717, 1.165) is 0 Å². The van der Waals surface area contributed by atoms with E-state index < -0.39 is 24.0 Å². The third kappa shape index (κ3) is 5.34. The first-order chi connectivity index (χ1) is 6.65. The third-order valence-corrected chi connectivity index (χ3v) is 1.65. The van der Waals surface area contributed by atoms with Crippen LogP contribution in [0.15, 0.2) is 0 Å². The number of primary amides is 1. The molecule has 15 heavy (non-hydrogen) atoms. The lowest BCUT2D eigenvalue weighted by molar-refractivity contribution is -0.144. The lowest BCUT2D eigenvalue weighted by Gasteiger charge is -2.21. The number of nitrogens with two attached hydrogens (primary N) is 1. The van der Waals surface area contributed by atoms with Crippen molar-refractivity contribution in [2.75, 3.05) is 6.54 Å². The van der Waals surface area contributed by atoms with Gasteiger partial charge < -0.3 is 21.3 Å². The van der Waals surface area contributed by atoms with E-state index >= 15 is 0 Å². The highest BCUT2D eigenvalue weighted by Crippen LogP contribution is 2.10. The summed E-state index contributed by atoms with van der Waals surface area (Å²) in [5, 5.41) is 20.6. The molecule has 0 saturated carbocycles. The fourth-order valence-corrected chi connectivity index (χ4v) is 0.756. The Morgan fingerprint density at radius 3 is 2.07 bits per heavy atom. The standard InChI is InChI=1S/C9H18N2O4/c1-9(2,3)4-11-8(15)6(13)5(12)7(10)14/h5-6,12-13H,4H2,1-3H3,(H2,10,14)(H,11,15). The number of aliphatic hydroxyl groups excluding tert-OH is 2. The van der Waals surface area contributed by atoms with Crippen molar-refractivity contribution in [3.8, 4) is 0 Å². The minimum absolute atomic E-state index is 0.146. The molecule has 6 nitrogen and oxygen atoms in total. The summed E-state index contributed by atoms with van der Waals surface area (Å²) < 4.78 is 0. The van der Waals surface area contributed by atoms with Crippen LogP contribution in [0.3, 0.4) is 0 Å².